The number of benzene rings is 10. The summed E-state index contributed by atoms with van der Waals surface area (Å²) < 4.78 is 103. The van der Waals surface area contributed by atoms with Gasteiger partial charge < -0.3 is 56.7 Å². The number of ether oxygens (including phenoxy) is 2. The average Bonchev–Trinajstić information content (AvgIpc) is 0.797. The van der Waals surface area contributed by atoms with Crippen LogP contribution >= 0.6 is 34.8 Å². The molecule has 3 unspecified atom stereocenters. The number of rotatable bonds is 24. The van der Waals surface area contributed by atoms with E-state index < -0.39 is 116 Å². The molecule has 10 aromatic rings. The van der Waals surface area contributed by atoms with Crippen LogP contribution in [0.4, 0.5) is 38.5 Å². The first-order valence-corrected chi connectivity index (χ1v) is 40.4. The van der Waals surface area contributed by atoms with Gasteiger partial charge in [-0.2, -0.15) is 0 Å². The Morgan fingerprint density at radius 2 is 0.929 bits per heavy atom. The van der Waals surface area contributed by atoms with Crippen molar-refractivity contribution in [2.24, 2.45) is 0 Å². The fourth-order valence-electron chi connectivity index (χ4n) is 10.7. The molecule has 10 aromatic carbocycles. The van der Waals surface area contributed by atoms with Gasteiger partial charge in [0.2, 0.25) is 17.7 Å². The van der Waals surface area contributed by atoms with Crippen molar-refractivity contribution in [1.29, 1.82) is 0 Å². The van der Waals surface area contributed by atoms with Crippen LogP contribution in [0.5, 0.6) is 28.7 Å². The van der Waals surface area contributed by atoms with E-state index in [-0.39, 0.29) is 87.1 Å². The van der Waals surface area contributed by atoms with Gasteiger partial charge in [0.25, 0.3) is 17.7 Å². The van der Waals surface area contributed by atoms with E-state index in [2.05, 4.69) is 50.5 Å². The Bertz CT molecular complexity index is 5640. The van der Waals surface area contributed by atoms with E-state index in [0.717, 1.165) is 58.5 Å². The molecule has 113 heavy (non-hydrogen) atoms. The number of hydrogen-bond acceptors (Lipinski definition) is 18. The molecule has 0 heterocycles. The Morgan fingerprint density at radius 3 is 1.49 bits per heavy atom. The average molecular weight is 1660 g/mol. The fraction of sp³-hybridized carbons (Fsp3) is 0.183. The summed E-state index contributed by atoms with van der Waals surface area (Å²) in [5.74, 6) is -7.22. The predicted molar refractivity (Wildman–Crippen MR) is 433 cm³/mol. The van der Waals surface area contributed by atoms with Gasteiger partial charge in [-0.1, -0.05) is 127 Å². The van der Waals surface area contributed by atoms with Gasteiger partial charge in [0.05, 0.1) is 76.6 Å². The van der Waals surface area contributed by atoms with Crippen molar-refractivity contribution in [1.82, 2.24) is 0 Å². The molecule has 0 spiro atoms. The van der Waals surface area contributed by atoms with Crippen molar-refractivity contribution in [3.8, 4) is 28.7 Å². The SMILES string of the molecule is CCC(C(=O)Nc1cc(O)c(NC(=O)c2ccc(Cl)c(Cl)c2)cc1Cl)S(=O)(=O)c1cccc(C)c1.CCC(C)c1ccc(Oc2cc(NC(=O)c3ccc(C(=O)OC)cc3)c(O)cc2NC(=O)CS(=O)(=O)c2cccc(C)c2)cc1.Cc1ccc(S(=O)(=O)C(C)C(=O)Nc2cc(O)c(NC(=O)c3cccc(C)c3)cc2F)cc1. The van der Waals surface area contributed by atoms with Crippen LogP contribution in [0, 0.1) is 33.5 Å². The molecule has 0 aliphatic carbocycles. The molecule has 6 amide bonds. The zero-order chi connectivity index (χ0) is 83.0. The summed E-state index contributed by atoms with van der Waals surface area (Å²) >= 11 is 18.1. The zero-order valence-electron chi connectivity index (χ0n) is 62.1. The maximum atomic E-state index is 14.6. The first-order valence-electron chi connectivity index (χ1n) is 34.5. The third kappa shape index (κ3) is 22.8. The molecule has 0 saturated heterocycles. The molecule has 10 rings (SSSR count). The second-order valence-electron chi connectivity index (χ2n) is 25.8. The Morgan fingerprint density at radius 1 is 0.434 bits per heavy atom. The van der Waals surface area contributed by atoms with Crippen molar-refractivity contribution in [2.45, 2.75) is 99.3 Å². The van der Waals surface area contributed by atoms with Crippen molar-refractivity contribution in [2.75, 3.05) is 44.8 Å². The normalized spacial score (nSPS) is 12.0. The topological polar surface area (TPSA) is 373 Å². The third-order valence-corrected chi connectivity index (χ3v) is 24.3. The number of nitrogens with one attached hydrogen (secondary N) is 6. The summed E-state index contributed by atoms with van der Waals surface area (Å²) in [6.45, 7) is 14.1. The largest absolute Gasteiger partial charge is 0.506 e. The highest BCUT2D eigenvalue weighted by molar-refractivity contribution is 7.93. The van der Waals surface area contributed by atoms with E-state index in [1.54, 1.807) is 94.4 Å². The van der Waals surface area contributed by atoms with Crippen molar-refractivity contribution in [3.05, 3.63) is 271 Å². The minimum absolute atomic E-state index is 0.0102. The zero-order valence-corrected chi connectivity index (χ0v) is 66.8. The molecule has 0 saturated carbocycles. The van der Waals surface area contributed by atoms with Crippen molar-refractivity contribution in [3.63, 3.8) is 0 Å². The van der Waals surface area contributed by atoms with E-state index in [1.165, 1.54) is 105 Å². The monoisotopic (exact) mass is 1650 g/mol. The summed E-state index contributed by atoms with van der Waals surface area (Å²) in [5, 5.41) is 43.7. The van der Waals surface area contributed by atoms with Crippen LogP contribution in [0.2, 0.25) is 15.1 Å². The van der Waals surface area contributed by atoms with Crippen LogP contribution in [0.25, 0.3) is 0 Å². The summed E-state index contributed by atoms with van der Waals surface area (Å²) in [6, 6.07) is 49.2. The minimum Gasteiger partial charge on any atom is -0.506 e. The van der Waals surface area contributed by atoms with Gasteiger partial charge in [-0.3, -0.25) is 28.8 Å². The molecule has 0 aliphatic heterocycles. The van der Waals surface area contributed by atoms with Crippen LogP contribution < -0.4 is 36.6 Å². The highest BCUT2D eigenvalue weighted by Crippen LogP contribution is 2.41. The van der Waals surface area contributed by atoms with E-state index in [4.69, 9.17) is 39.5 Å². The van der Waals surface area contributed by atoms with Crippen LogP contribution in [0.1, 0.15) is 116 Å². The maximum absolute atomic E-state index is 14.6. The Balaban J connectivity index is 0.000000216. The van der Waals surface area contributed by atoms with Gasteiger partial charge in [0.15, 0.2) is 35.3 Å². The molecular weight excluding hydrogens is 1580 g/mol. The first kappa shape index (κ1) is 86.9. The molecular formula is C82H78Cl3FN6O18S3. The van der Waals surface area contributed by atoms with Crippen molar-refractivity contribution >= 4 is 140 Å². The van der Waals surface area contributed by atoms with Crippen LogP contribution in [0.3, 0.4) is 0 Å². The number of halogens is 4. The fourth-order valence-corrected chi connectivity index (χ4v) is 15.5. The number of aromatic hydroxyl groups is 3. The van der Waals surface area contributed by atoms with Crippen LogP contribution in [0.15, 0.2) is 215 Å². The molecule has 24 nitrogen and oxygen atoms in total. The van der Waals surface area contributed by atoms with Gasteiger partial charge in [0.1, 0.15) is 45.1 Å². The van der Waals surface area contributed by atoms with Gasteiger partial charge in [0, 0.05) is 47.0 Å². The summed E-state index contributed by atoms with van der Waals surface area (Å²) in [6.07, 6.45) is 0.970. The van der Waals surface area contributed by atoms with E-state index >= 15 is 0 Å². The molecule has 0 aromatic heterocycles. The predicted octanol–water partition coefficient (Wildman–Crippen LogP) is 16.8. The number of methoxy groups -OCH3 is 1. The summed E-state index contributed by atoms with van der Waals surface area (Å²) in [5.41, 5.74) is 4.57. The molecule has 31 heteroatoms. The number of carbonyl (C=O) groups excluding carboxylic acids is 7. The lowest BCUT2D eigenvalue weighted by atomic mass is 9.99. The summed E-state index contributed by atoms with van der Waals surface area (Å²) in [7, 11) is -10.7. The highest BCUT2D eigenvalue weighted by Gasteiger charge is 2.34. The highest BCUT2D eigenvalue weighted by atomic mass is 35.5. The molecule has 3 atom stereocenters. The Labute approximate surface area is 667 Å². The van der Waals surface area contributed by atoms with Gasteiger partial charge in [-0.25, -0.2) is 34.4 Å². The lowest BCUT2D eigenvalue weighted by Gasteiger charge is -2.18. The molecule has 0 aliphatic rings. The Kier molecular flexibility index (Phi) is 29.3. The number of amides is 6. The number of aryl methyl sites for hydroxylation is 4. The minimum atomic E-state index is -4.01. The number of phenolic OH excluding ortho intramolecular Hbond substituents is 3. The van der Waals surface area contributed by atoms with Gasteiger partial charge in [-0.05, 0) is 179 Å². The molecule has 9 N–H and O–H groups in total. The lowest BCUT2D eigenvalue weighted by Crippen LogP contribution is -2.34. The molecule has 0 bridgehead atoms. The second kappa shape index (κ2) is 38.0. The van der Waals surface area contributed by atoms with Gasteiger partial charge >= 0.3 is 5.97 Å². The number of phenols is 3. The maximum Gasteiger partial charge on any atom is 0.337 e. The van der Waals surface area contributed by atoms with Crippen LogP contribution in [-0.4, -0.2) is 105 Å². The number of anilines is 6. The van der Waals surface area contributed by atoms with Crippen molar-refractivity contribution < 1.29 is 88.0 Å². The number of hydrogen-bond donors (Lipinski definition) is 9. The quantitative estimate of drug-likeness (QED) is 0.0200. The van der Waals surface area contributed by atoms with E-state index in [9.17, 15) is 78.5 Å². The van der Waals surface area contributed by atoms with E-state index in [0.29, 0.717) is 17.2 Å². The second-order valence-corrected chi connectivity index (χ2v) is 33.4. The number of esters is 1. The number of sulfone groups is 3. The third-order valence-electron chi connectivity index (χ3n) is 17.3. The van der Waals surface area contributed by atoms with Crippen LogP contribution in [-0.2, 0) is 48.6 Å². The molecule has 0 fully saturated rings. The lowest BCUT2D eigenvalue weighted by molar-refractivity contribution is -0.116. The smallest absolute Gasteiger partial charge is 0.337 e. The standard InChI is InChI=1S/C34H34N2O8S.C24H21Cl3N2O5S.C24H23FN2O5S/c1-5-22(3)23-13-15-26(16-14-23)44-31-19-28(36-33(39)24-9-11-25(12-10-24)34(40)43-4)30(37)18-29(31)35-32(38)20-45(41,42)27-8-6-7-21(2)17-27;1-3-22(35(33,34)15-6-4-5-13(2)9-15)24(32)28-19-12-21(30)20(11-18(19)27)29-23(31)14-7-8-16(25)17(26)10-14;1-14-7-9-18(10-8-14)33(31,32)16(3)23(29)26-20-13-22(28)21(12-19(20)25)27-24(30)17-6-4-5-15(2)11-17/h6-19,22,37H,5,20H2,1-4H3,(H,35,38)(H,36,39);4-12,22,30H,3H2,1-2H3,(H,28,32)(H,29,31);4-13,16,28H,1-3H3,(H,26,29)(H,27,30). The summed E-state index contributed by atoms with van der Waals surface area (Å²) in [4.78, 5) is 88.0. The molecule has 0 radical (unpaired) electrons. The van der Waals surface area contributed by atoms with Gasteiger partial charge in [-0.15, -0.1) is 0 Å². The molecule has 590 valence electrons. The van der Waals surface area contributed by atoms with E-state index in [1.807, 2.05) is 25.1 Å². The number of carbonyl (C=O) groups is 7. The Hall–Kier alpha value is -11.7. The first-order chi connectivity index (χ1) is 53.3.